The molecule has 0 radical (unpaired) electrons. The first-order chi connectivity index (χ1) is 6.17. The Hall–Kier alpha value is 0. The summed E-state index contributed by atoms with van der Waals surface area (Å²) in [6.07, 6.45) is 5.80. The van der Waals surface area contributed by atoms with Crippen LogP contribution >= 0.6 is 0 Å². The van der Waals surface area contributed by atoms with Crippen LogP contribution in [0.3, 0.4) is 0 Å². The van der Waals surface area contributed by atoms with E-state index in [1.54, 1.807) is 0 Å². The lowest BCUT2D eigenvalue weighted by atomic mass is 9.86. The van der Waals surface area contributed by atoms with Crippen LogP contribution in [0, 0.1) is 22.7 Å². The summed E-state index contributed by atoms with van der Waals surface area (Å²) >= 11 is 0. The second-order valence-electron chi connectivity index (χ2n) is 7.62. The van der Waals surface area contributed by atoms with E-state index in [2.05, 4.69) is 41.5 Å². The van der Waals surface area contributed by atoms with Gasteiger partial charge in [-0.05, 0) is 48.3 Å². The Labute approximate surface area is 90.5 Å². The molecule has 0 heteroatoms. The SMILES string of the molecule is CC(C)(C)CCC1C[C@H]1CC(C)(C)C. The second kappa shape index (κ2) is 3.87. The summed E-state index contributed by atoms with van der Waals surface area (Å²) in [5.74, 6) is 2.12. The smallest absolute Gasteiger partial charge is 0.0378 e. The average Bonchev–Trinajstić information content (AvgIpc) is 2.58. The molecule has 0 aliphatic heterocycles. The molecule has 1 unspecified atom stereocenters. The highest BCUT2D eigenvalue weighted by atomic mass is 14.4. The van der Waals surface area contributed by atoms with Crippen molar-refractivity contribution in [2.75, 3.05) is 0 Å². The van der Waals surface area contributed by atoms with E-state index in [4.69, 9.17) is 0 Å². The average molecular weight is 196 g/mol. The third-order valence-corrected chi connectivity index (χ3v) is 3.21. The standard InChI is InChI=1S/C14H28/c1-13(2,3)8-7-11-9-12(11)10-14(4,5)6/h11-12H,7-10H2,1-6H3/t11?,12-/m0/s1. The summed E-state index contributed by atoms with van der Waals surface area (Å²) in [6, 6.07) is 0. The predicted molar refractivity (Wildman–Crippen MR) is 64.4 cm³/mol. The first kappa shape index (κ1) is 12.1. The van der Waals surface area contributed by atoms with Gasteiger partial charge in [0.15, 0.2) is 0 Å². The molecule has 1 aliphatic carbocycles. The van der Waals surface area contributed by atoms with Gasteiger partial charge < -0.3 is 0 Å². The largest absolute Gasteiger partial charge is 0.0602 e. The Balaban J connectivity index is 2.15. The van der Waals surface area contributed by atoms with Gasteiger partial charge in [-0.2, -0.15) is 0 Å². The molecule has 1 rings (SSSR count). The van der Waals surface area contributed by atoms with Crippen LogP contribution in [-0.2, 0) is 0 Å². The van der Waals surface area contributed by atoms with Crippen LogP contribution in [0.5, 0.6) is 0 Å². The van der Waals surface area contributed by atoms with Crippen LogP contribution in [-0.4, -0.2) is 0 Å². The van der Waals surface area contributed by atoms with Crippen LogP contribution in [0.4, 0.5) is 0 Å². The van der Waals surface area contributed by atoms with Crippen molar-refractivity contribution in [3.05, 3.63) is 0 Å². The van der Waals surface area contributed by atoms with E-state index in [1.807, 2.05) is 0 Å². The number of hydrogen-bond donors (Lipinski definition) is 0. The fourth-order valence-electron chi connectivity index (χ4n) is 2.32. The Morgan fingerprint density at radius 3 is 1.86 bits per heavy atom. The minimum absolute atomic E-state index is 0.537. The third kappa shape index (κ3) is 5.02. The van der Waals surface area contributed by atoms with Crippen LogP contribution in [0.25, 0.3) is 0 Å². The van der Waals surface area contributed by atoms with Gasteiger partial charge in [-0.15, -0.1) is 0 Å². The van der Waals surface area contributed by atoms with Gasteiger partial charge in [0, 0.05) is 0 Å². The van der Waals surface area contributed by atoms with Crippen molar-refractivity contribution in [3.8, 4) is 0 Å². The summed E-state index contributed by atoms with van der Waals surface area (Å²) in [5, 5.41) is 0. The lowest BCUT2D eigenvalue weighted by molar-refractivity contribution is 0.320. The van der Waals surface area contributed by atoms with E-state index >= 15 is 0 Å². The molecule has 0 bridgehead atoms. The predicted octanol–water partition coefficient (Wildman–Crippen LogP) is 4.89. The van der Waals surface area contributed by atoms with Crippen LogP contribution in [0.1, 0.15) is 67.2 Å². The lowest BCUT2D eigenvalue weighted by Crippen LogP contribution is -2.08. The summed E-state index contributed by atoms with van der Waals surface area (Å²) in [6.45, 7) is 14.2. The molecule has 0 aromatic rings. The minimum Gasteiger partial charge on any atom is -0.0602 e. The molecule has 14 heavy (non-hydrogen) atoms. The molecule has 1 fully saturated rings. The van der Waals surface area contributed by atoms with Gasteiger partial charge in [-0.25, -0.2) is 0 Å². The summed E-state index contributed by atoms with van der Waals surface area (Å²) in [5.41, 5.74) is 1.08. The zero-order chi connectivity index (χ0) is 11.0. The molecule has 0 nitrogen and oxygen atoms in total. The highest BCUT2D eigenvalue weighted by molar-refractivity contribution is 4.89. The van der Waals surface area contributed by atoms with Gasteiger partial charge in [-0.3, -0.25) is 0 Å². The molecule has 0 N–H and O–H groups in total. The van der Waals surface area contributed by atoms with Gasteiger partial charge >= 0.3 is 0 Å². The van der Waals surface area contributed by atoms with Crippen molar-refractivity contribution >= 4 is 0 Å². The van der Waals surface area contributed by atoms with Gasteiger partial charge in [0.1, 0.15) is 0 Å². The zero-order valence-electron chi connectivity index (χ0n) is 11.0. The zero-order valence-corrected chi connectivity index (χ0v) is 11.0. The van der Waals surface area contributed by atoms with Crippen LogP contribution in [0.15, 0.2) is 0 Å². The topological polar surface area (TPSA) is 0 Å². The molecule has 0 amide bonds. The van der Waals surface area contributed by atoms with Crippen molar-refractivity contribution < 1.29 is 0 Å². The Bertz CT molecular complexity index is 177. The van der Waals surface area contributed by atoms with Gasteiger partial charge in [0.05, 0.1) is 0 Å². The fraction of sp³-hybridized carbons (Fsp3) is 1.00. The molecular formula is C14H28. The summed E-state index contributed by atoms with van der Waals surface area (Å²) < 4.78 is 0. The quantitative estimate of drug-likeness (QED) is 0.603. The molecule has 0 saturated heterocycles. The monoisotopic (exact) mass is 196 g/mol. The van der Waals surface area contributed by atoms with Crippen molar-refractivity contribution in [1.29, 1.82) is 0 Å². The third-order valence-electron chi connectivity index (χ3n) is 3.21. The molecule has 0 aromatic heterocycles. The minimum atomic E-state index is 0.537. The summed E-state index contributed by atoms with van der Waals surface area (Å²) in [4.78, 5) is 0. The van der Waals surface area contributed by atoms with E-state index in [0.29, 0.717) is 10.8 Å². The maximum absolute atomic E-state index is 2.37. The molecular weight excluding hydrogens is 168 g/mol. The molecule has 0 heterocycles. The fourth-order valence-corrected chi connectivity index (χ4v) is 2.32. The van der Waals surface area contributed by atoms with Crippen LogP contribution < -0.4 is 0 Å². The maximum Gasteiger partial charge on any atom is -0.0378 e. The highest BCUT2D eigenvalue weighted by Gasteiger charge is 2.39. The lowest BCUT2D eigenvalue weighted by Gasteiger charge is -2.19. The van der Waals surface area contributed by atoms with Crippen LogP contribution in [0.2, 0.25) is 0 Å². The maximum atomic E-state index is 2.37. The second-order valence-corrected chi connectivity index (χ2v) is 7.62. The van der Waals surface area contributed by atoms with E-state index in [-0.39, 0.29) is 0 Å². The molecule has 84 valence electrons. The van der Waals surface area contributed by atoms with Gasteiger partial charge in [0.25, 0.3) is 0 Å². The van der Waals surface area contributed by atoms with Gasteiger partial charge in [0.2, 0.25) is 0 Å². The van der Waals surface area contributed by atoms with Crippen molar-refractivity contribution in [3.63, 3.8) is 0 Å². The molecule has 0 aromatic carbocycles. The molecule has 1 aliphatic rings. The van der Waals surface area contributed by atoms with Crippen molar-refractivity contribution in [2.24, 2.45) is 22.7 Å². The van der Waals surface area contributed by atoms with E-state index in [1.165, 1.54) is 25.7 Å². The van der Waals surface area contributed by atoms with Gasteiger partial charge in [-0.1, -0.05) is 41.5 Å². The molecule has 2 atom stereocenters. The number of hydrogen-bond acceptors (Lipinski definition) is 0. The van der Waals surface area contributed by atoms with E-state index < -0.39 is 0 Å². The summed E-state index contributed by atoms with van der Waals surface area (Å²) in [7, 11) is 0. The normalized spacial score (nSPS) is 27.9. The highest BCUT2D eigenvalue weighted by Crippen LogP contribution is 2.49. The van der Waals surface area contributed by atoms with E-state index in [0.717, 1.165) is 11.8 Å². The molecule has 1 saturated carbocycles. The van der Waals surface area contributed by atoms with Crippen molar-refractivity contribution in [1.82, 2.24) is 0 Å². The first-order valence-corrected chi connectivity index (χ1v) is 6.17. The Morgan fingerprint density at radius 2 is 1.43 bits per heavy atom. The van der Waals surface area contributed by atoms with E-state index in [9.17, 15) is 0 Å². The Kier molecular flexibility index (Phi) is 3.33. The molecule has 0 spiro atoms. The first-order valence-electron chi connectivity index (χ1n) is 6.17. The number of rotatable bonds is 3. The Morgan fingerprint density at radius 1 is 0.857 bits per heavy atom. The van der Waals surface area contributed by atoms with Crippen molar-refractivity contribution in [2.45, 2.75) is 67.2 Å².